The van der Waals surface area contributed by atoms with Gasteiger partial charge in [0.25, 0.3) is 0 Å². The Morgan fingerprint density at radius 1 is 1.35 bits per heavy atom. The third-order valence-corrected chi connectivity index (χ3v) is 3.58. The van der Waals surface area contributed by atoms with Gasteiger partial charge in [-0.3, -0.25) is 4.79 Å². The maximum absolute atomic E-state index is 11.4. The lowest BCUT2D eigenvalue weighted by atomic mass is 10.1. The minimum absolute atomic E-state index is 0.00436. The number of nitrogen functional groups attached to an aromatic ring is 1. The van der Waals surface area contributed by atoms with Crippen LogP contribution in [0.4, 0.5) is 11.4 Å². The lowest BCUT2D eigenvalue weighted by Gasteiger charge is -2.20. The topological polar surface area (TPSA) is 58.4 Å². The fourth-order valence-electron chi connectivity index (χ4n) is 1.95. The normalized spacial score (nSPS) is 11.1. The van der Waals surface area contributed by atoms with Crippen LogP contribution < -0.4 is 11.1 Å². The van der Waals surface area contributed by atoms with Crippen LogP contribution in [0.5, 0.6) is 0 Å². The van der Waals surface area contributed by atoms with Gasteiger partial charge in [-0.25, -0.2) is 0 Å². The molecule has 0 aromatic heterocycles. The van der Waals surface area contributed by atoms with Crippen LogP contribution >= 0.6 is 0 Å². The van der Waals surface area contributed by atoms with Crippen LogP contribution in [0.15, 0.2) is 18.2 Å². The maximum Gasteiger partial charge on any atom is 0.161 e. The second-order valence-electron chi connectivity index (χ2n) is 5.57. The first-order chi connectivity index (χ1) is 9.41. The smallest absolute Gasteiger partial charge is 0.161 e. The Balaban J connectivity index is 2.36. The van der Waals surface area contributed by atoms with E-state index in [9.17, 15) is 4.79 Å². The van der Waals surface area contributed by atoms with Crippen LogP contribution in [0, 0.1) is 0 Å². The van der Waals surface area contributed by atoms with Gasteiger partial charge in [0.1, 0.15) is 0 Å². The predicted molar refractivity (Wildman–Crippen MR) is 86.3 cm³/mol. The molecule has 0 radical (unpaired) electrons. The zero-order valence-corrected chi connectivity index (χ0v) is 13.1. The molecular weight excluding hydrogens is 250 g/mol. The fourth-order valence-corrected chi connectivity index (χ4v) is 1.95. The molecule has 112 valence electrons. The monoisotopic (exact) mass is 277 g/mol. The van der Waals surface area contributed by atoms with Gasteiger partial charge in [-0.1, -0.05) is 0 Å². The highest BCUT2D eigenvalue weighted by atomic mass is 16.1. The average molecular weight is 277 g/mol. The molecule has 4 nitrogen and oxygen atoms in total. The van der Waals surface area contributed by atoms with Gasteiger partial charge in [0.2, 0.25) is 0 Å². The van der Waals surface area contributed by atoms with E-state index in [-0.39, 0.29) is 5.78 Å². The summed E-state index contributed by atoms with van der Waals surface area (Å²) in [5, 5.41) is 3.34. The van der Waals surface area contributed by atoms with Crippen molar-refractivity contribution in [1.82, 2.24) is 4.90 Å². The minimum atomic E-state index is 0.00436. The SMILES string of the molecule is CC(=O)c1cc(NCCCCN(C)C(C)C)ccc1N. The number of hydrogen-bond donors (Lipinski definition) is 2. The van der Waals surface area contributed by atoms with E-state index in [1.54, 1.807) is 6.07 Å². The number of ketones is 1. The molecule has 0 bridgehead atoms. The van der Waals surface area contributed by atoms with Crippen LogP contribution in [-0.2, 0) is 0 Å². The van der Waals surface area contributed by atoms with E-state index >= 15 is 0 Å². The zero-order valence-electron chi connectivity index (χ0n) is 13.1. The number of benzene rings is 1. The summed E-state index contributed by atoms with van der Waals surface area (Å²) in [4.78, 5) is 13.8. The molecule has 0 aliphatic carbocycles. The van der Waals surface area contributed by atoms with Crippen molar-refractivity contribution in [1.29, 1.82) is 0 Å². The van der Waals surface area contributed by atoms with Crippen LogP contribution in [-0.4, -0.2) is 36.9 Å². The van der Waals surface area contributed by atoms with Crippen molar-refractivity contribution in [2.24, 2.45) is 0 Å². The summed E-state index contributed by atoms with van der Waals surface area (Å²) in [7, 11) is 2.15. The molecular formula is C16H27N3O. The zero-order chi connectivity index (χ0) is 15.1. The van der Waals surface area contributed by atoms with Crippen molar-refractivity contribution in [3.05, 3.63) is 23.8 Å². The van der Waals surface area contributed by atoms with Gasteiger partial charge in [-0.05, 0) is 65.4 Å². The first-order valence-electron chi connectivity index (χ1n) is 7.26. The molecule has 0 atom stereocenters. The molecule has 0 fully saturated rings. The van der Waals surface area contributed by atoms with E-state index < -0.39 is 0 Å². The summed E-state index contributed by atoms with van der Waals surface area (Å²) in [5.41, 5.74) is 7.87. The van der Waals surface area contributed by atoms with Crippen molar-refractivity contribution in [3.8, 4) is 0 Å². The Labute approximate surface area is 122 Å². The van der Waals surface area contributed by atoms with Gasteiger partial charge >= 0.3 is 0 Å². The molecule has 0 aliphatic heterocycles. The number of carbonyl (C=O) groups is 1. The number of unbranched alkanes of at least 4 members (excludes halogenated alkanes) is 1. The highest BCUT2D eigenvalue weighted by Crippen LogP contribution is 2.18. The number of anilines is 2. The molecule has 3 N–H and O–H groups in total. The predicted octanol–water partition coefficient (Wildman–Crippen LogP) is 3.00. The molecule has 0 unspecified atom stereocenters. The van der Waals surface area contributed by atoms with Gasteiger partial charge in [0.15, 0.2) is 5.78 Å². The first kappa shape index (κ1) is 16.5. The van der Waals surface area contributed by atoms with Crippen LogP contribution in [0.25, 0.3) is 0 Å². The van der Waals surface area contributed by atoms with Gasteiger partial charge < -0.3 is 16.0 Å². The van der Waals surface area contributed by atoms with E-state index in [4.69, 9.17) is 5.73 Å². The fraction of sp³-hybridized carbons (Fsp3) is 0.562. The van der Waals surface area contributed by atoms with Gasteiger partial charge in [-0.15, -0.1) is 0 Å². The van der Waals surface area contributed by atoms with Gasteiger partial charge in [-0.2, -0.15) is 0 Å². The van der Waals surface area contributed by atoms with Crippen LogP contribution in [0.1, 0.15) is 44.0 Å². The van der Waals surface area contributed by atoms with E-state index in [2.05, 4.69) is 31.1 Å². The van der Waals surface area contributed by atoms with Crippen molar-refractivity contribution >= 4 is 17.2 Å². The molecule has 0 saturated heterocycles. The standard InChI is InChI=1S/C16H27N3O/c1-12(2)19(4)10-6-5-9-18-14-7-8-16(17)15(11-14)13(3)20/h7-8,11-12,18H,5-6,9-10,17H2,1-4H3. The molecule has 0 heterocycles. The molecule has 1 aromatic carbocycles. The highest BCUT2D eigenvalue weighted by Gasteiger charge is 2.06. The molecule has 1 aromatic rings. The van der Waals surface area contributed by atoms with Crippen molar-refractivity contribution < 1.29 is 4.79 Å². The Hall–Kier alpha value is -1.55. The average Bonchev–Trinajstić information content (AvgIpc) is 2.39. The Bertz CT molecular complexity index is 443. The van der Waals surface area contributed by atoms with Crippen LogP contribution in [0.3, 0.4) is 0 Å². The van der Waals surface area contributed by atoms with Crippen LogP contribution in [0.2, 0.25) is 0 Å². The molecule has 0 spiro atoms. The van der Waals surface area contributed by atoms with E-state index in [1.165, 1.54) is 6.92 Å². The number of Topliss-reactive ketones (excluding diaryl/α,β-unsaturated/α-hetero) is 1. The number of hydrogen-bond acceptors (Lipinski definition) is 4. The molecule has 0 saturated carbocycles. The lowest BCUT2D eigenvalue weighted by molar-refractivity contribution is 0.101. The lowest BCUT2D eigenvalue weighted by Crippen LogP contribution is -2.27. The molecule has 4 heteroatoms. The quantitative estimate of drug-likeness (QED) is 0.436. The minimum Gasteiger partial charge on any atom is -0.398 e. The second kappa shape index (κ2) is 7.90. The Morgan fingerprint density at radius 3 is 2.65 bits per heavy atom. The molecule has 0 amide bonds. The molecule has 20 heavy (non-hydrogen) atoms. The van der Waals surface area contributed by atoms with Gasteiger partial charge in [0.05, 0.1) is 0 Å². The number of nitrogens with two attached hydrogens (primary N) is 1. The number of nitrogens with one attached hydrogen (secondary N) is 1. The summed E-state index contributed by atoms with van der Waals surface area (Å²) in [5.74, 6) is 0.00436. The highest BCUT2D eigenvalue weighted by molar-refractivity contribution is 5.99. The van der Waals surface area contributed by atoms with Crippen molar-refractivity contribution in [2.45, 2.75) is 39.7 Å². The van der Waals surface area contributed by atoms with E-state index in [1.807, 2.05) is 12.1 Å². The Morgan fingerprint density at radius 2 is 2.05 bits per heavy atom. The molecule has 0 aliphatic rings. The Kier molecular flexibility index (Phi) is 6.52. The number of rotatable bonds is 8. The van der Waals surface area contributed by atoms with Crippen molar-refractivity contribution in [2.75, 3.05) is 31.2 Å². The number of carbonyl (C=O) groups excluding carboxylic acids is 1. The van der Waals surface area contributed by atoms with Crippen molar-refractivity contribution in [3.63, 3.8) is 0 Å². The molecule has 1 rings (SSSR count). The summed E-state index contributed by atoms with van der Waals surface area (Å²) < 4.78 is 0. The number of nitrogens with zero attached hydrogens (tertiary/aromatic N) is 1. The first-order valence-corrected chi connectivity index (χ1v) is 7.26. The van der Waals surface area contributed by atoms with Gasteiger partial charge in [0, 0.05) is 29.5 Å². The third-order valence-electron chi connectivity index (χ3n) is 3.58. The van der Waals surface area contributed by atoms with E-state index in [0.29, 0.717) is 17.3 Å². The largest absolute Gasteiger partial charge is 0.398 e. The summed E-state index contributed by atoms with van der Waals surface area (Å²) >= 11 is 0. The second-order valence-corrected chi connectivity index (χ2v) is 5.57. The maximum atomic E-state index is 11.4. The summed E-state index contributed by atoms with van der Waals surface area (Å²) in [6.45, 7) is 7.97. The third kappa shape index (κ3) is 5.21. The van der Waals surface area contributed by atoms with E-state index in [0.717, 1.165) is 31.6 Å². The summed E-state index contributed by atoms with van der Waals surface area (Å²) in [6.07, 6.45) is 2.27. The summed E-state index contributed by atoms with van der Waals surface area (Å²) in [6, 6.07) is 6.13.